The molecule has 1 rings (SSSR count). The Kier molecular flexibility index (Phi) is 5.86. The highest BCUT2D eigenvalue weighted by Gasteiger charge is 2.17. The number of esters is 1. The van der Waals surface area contributed by atoms with E-state index >= 15 is 0 Å². The van der Waals surface area contributed by atoms with Crippen LogP contribution in [0.5, 0.6) is 5.75 Å². The molecule has 5 heteroatoms. The molecule has 1 atom stereocenters. The predicted molar refractivity (Wildman–Crippen MR) is 68.6 cm³/mol. The van der Waals surface area contributed by atoms with Crippen molar-refractivity contribution in [2.24, 2.45) is 0 Å². The molecule has 94 valence electrons. The Morgan fingerprint density at radius 2 is 2.12 bits per heavy atom. The van der Waals surface area contributed by atoms with Crippen molar-refractivity contribution in [1.29, 1.82) is 0 Å². The molecule has 0 aliphatic rings. The quantitative estimate of drug-likeness (QED) is 0.617. The number of thioether (sulfide) groups is 1. The smallest absolute Gasteiger partial charge is 0.323 e. The van der Waals surface area contributed by atoms with E-state index in [4.69, 9.17) is 9.47 Å². The zero-order valence-corrected chi connectivity index (χ0v) is 11.0. The molecule has 1 N–H and O–H groups in total. The molecule has 1 aromatic rings. The molecule has 1 unspecified atom stereocenters. The molecular formula is C12H17NO3S. The van der Waals surface area contributed by atoms with Gasteiger partial charge in [-0.25, -0.2) is 0 Å². The van der Waals surface area contributed by atoms with E-state index in [0.29, 0.717) is 5.75 Å². The molecule has 0 aliphatic heterocycles. The van der Waals surface area contributed by atoms with Gasteiger partial charge in [-0.2, -0.15) is 0 Å². The van der Waals surface area contributed by atoms with Gasteiger partial charge in [0.15, 0.2) is 0 Å². The van der Waals surface area contributed by atoms with E-state index in [1.807, 2.05) is 24.3 Å². The summed E-state index contributed by atoms with van der Waals surface area (Å²) in [6, 6.07) is 7.41. The van der Waals surface area contributed by atoms with Crippen LogP contribution in [0.25, 0.3) is 0 Å². The van der Waals surface area contributed by atoms with Gasteiger partial charge in [0.05, 0.1) is 14.2 Å². The number of para-hydroxylation sites is 1. The predicted octanol–water partition coefficient (Wildman–Crippen LogP) is 1.55. The van der Waals surface area contributed by atoms with Crippen LogP contribution in [0.4, 0.5) is 0 Å². The number of ether oxygens (including phenoxy) is 2. The summed E-state index contributed by atoms with van der Waals surface area (Å²) in [5.41, 5.74) is 0. The van der Waals surface area contributed by atoms with Gasteiger partial charge < -0.3 is 14.8 Å². The van der Waals surface area contributed by atoms with E-state index in [0.717, 1.165) is 10.6 Å². The Morgan fingerprint density at radius 3 is 2.71 bits per heavy atom. The van der Waals surface area contributed by atoms with Gasteiger partial charge in [0.2, 0.25) is 0 Å². The normalized spacial score (nSPS) is 11.9. The molecular weight excluding hydrogens is 238 g/mol. The second-order valence-corrected chi connectivity index (χ2v) is 4.39. The van der Waals surface area contributed by atoms with Crippen LogP contribution in [0.2, 0.25) is 0 Å². The molecule has 0 amide bonds. The molecule has 17 heavy (non-hydrogen) atoms. The second kappa shape index (κ2) is 7.19. The van der Waals surface area contributed by atoms with Gasteiger partial charge in [-0.1, -0.05) is 12.1 Å². The monoisotopic (exact) mass is 255 g/mol. The Morgan fingerprint density at radius 1 is 1.41 bits per heavy atom. The molecule has 0 aromatic heterocycles. The van der Waals surface area contributed by atoms with Gasteiger partial charge in [-0.15, -0.1) is 11.8 Å². The van der Waals surface area contributed by atoms with Crippen molar-refractivity contribution >= 4 is 17.7 Å². The Hall–Kier alpha value is -1.20. The molecule has 0 saturated carbocycles. The van der Waals surface area contributed by atoms with E-state index in [1.54, 1.807) is 25.9 Å². The first kappa shape index (κ1) is 13.9. The minimum Gasteiger partial charge on any atom is -0.496 e. The Bertz CT molecular complexity index is 371. The molecule has 0 saturated heterocycles. The summed E-state index contributed by atoms with van der Waals surface area (Å²) in [6.07, 6.45) is 0. The molecule has 0 bridgehead atoms. The summed E-state index contributed by atoms with van der Waals surface area (Å²) in [7, 11) is 4.76. The first-order valence-electron chi connectivity index (χ1n) is 5.23. The van der Waals surface area contributed by atoms with Gasteiger partial charge in [0.25, 0.3) is 0 Å². The lowest BCUT2D eigenvalue weighted by molar-refractivity contribution is -0.142. The van der Waals surface area contributed by atoms with E-state index in [-0.39, 0.29) is 12.0 Å². The van der Waals surface area contributed by atoms with Crippen LogP contribution in [-0.4, -0.2) is 39.0 Å². The van der Waals surface area contributed by atoms with Gasteiger partial charge in [-0.05, 0) is 19.2 Å². The fourth-order valence-electron chi connectivity index (χ4n) is 1.32. The SMILES string of the molecule is CNC(CSc1ccccc1OC)C(=O)OC. The molecule has 0 aliphatic carbocycles. The highest BCUT2D eigenvalue weighted by Crippen LogP contribution is 2.29. The first-order valence-corrected chi connectivity index (χ1v) is 6.22. The highest BCUT2D eigenvalue weighted by molar-refractivity contribution is 7.99. The largest absolute Gasteiger partial charge is 0.496 e. The maximum atomic E-state index is 11.4. The summed E-state index contributed by atoms with van der Waals surface area (Å²) in [5, 5.41) is 2.92. The van der Waals surface area contributed by atoms with Crippen LogP contribution in [0.3, 0.4) is 0 Å². The second-order valence-electron chi connectivity index (χ2n) is 3.33. The summed E-state index contributed by atoms with van der Waals surface area (Å²) in [5.74, 6) is 1.16. The maximum Gasteiger partial charge on any atom is 0.323 e. The lowest BCUT2D eigenvalue weighted by atomic mass is 10.3. The number of benzene rings is 1. The van der Waals surface area contributed by atoms with Crippen LogP contribution in [0.15, 0.2) is 29.2 Å². The van der Waals surface area contributed by atoms with Crippen LogP contribution in [0, 0.1) is 0 Å². The number of hydrogen-bond acceptors (Lipinski definition) is 5. The topological polar surface area (TPSA) is 47.6 Å². The fraction of sp³-hybridized carbons (Fsp3) is 0.417. The van der Waals surface area contributed by atoms with Crippen LogP contribution >= 0.6 is 11.8 Å². The highest BCUT2D eigenvalue weighted by atomic mass is 32.2. The molecule has 4 nitrogen and oxygen atoms in total. The third kappa shape index (κ3) is 3.94. The van der Waals surface area contributed by atoms with Crippen molar-refractivity contribution in [3.05, 3.63) is 24.3 Å². The molecule has 0 heterocycles. The van der Waals surface area contributed by atoms with Crippen molar-refractivity contribution in [3.63, 3.8) is 0 Å². The van der Waals surface area contributed by atoms with E-state index < -0.39 is 0 Å². The van der Waals surface area contributed by atoms with E-state index in [9.17, 15) is 4.79 Å². The van der Waals surface area contributed by atoms with Crippen LogP contribution < -0.4 is 10.1 Å². The summed E-state index contributed by atoms with van der Waals surface area (Å²) in [6.45, 7) is 0. The zero-order valence-electron chi connectivity index (χ0n) is 10.2. The zero-order chi connectivity index (χ0) is 12.7. The van der Waals surface area contributed by atoms with Gasteiger partial charge in [-0.3, -0.25) is 4.79 Å². The van der Waals surface area contributed by atoms with Gasteiger partial charge in [0.1, 0.15) is 11.8 Å². The minimum atomic E-state index is -0.310. The minimum absolute atomic E-state index is 0.255. The third-order valence-electron chi connectivity index (χ3n) is 2.31. The lowest BCUT2D eigenvalue weighted by Crippen LogP contribution is -2.37. The molecule has 0 fully saturated rings. The number of carbonyl (C=O) groups is 1. The average Bonchev–Trinajstić information content (AvgIpc) is 2.39. The number of rotatable bonds is 6. The third-order valence-corrected chi connectivity index (χ3v) is 3.46. The van der Waals surface area contributed by atoms with Gasteiger partial charge in [0, 0.05) is 10.6 Å². The number of methoxy groups -OCH3 is 2. The summed E-state index contributed by atoms with van der Waals surface area (Å²) in [4.78, 5) is 12.4. The molecule has 0 spiro atoms. The van der Waals surface area contributed by atoms with Crippen molar-refractivity contribution in [3.8, 4) is 5.75 Å². The van der Waals surface area contributed by atoms with Crippen molar-refractivity contribution in [1.82, 2.24) is 5.32 Å². The Balaban J connectivity index is 2.62. The maximum absolute atomic E-state index is 11.4. The van der Waals surface area contributed by atoms with Crippen molar-refractivity contribution < 1.29 is 14.3 Å². The van der Waals surface area contributed by atoms with E-state index in [2.05, 4.69) is 5.32 Å². The Labute approximate surface area is 106 Å². The summed E-state index contributed by atoms with van der Waals surface area (Å²) >= 11 is 1.56. The fourth-order valence-corrected chi connectivity index (χ4v) is 2.44. The van der Waals surface area contributed by atoms with Crippen LogP contribution in [-0.2, 0) is 9.53 Å². The number of hydrogen-bond donors (Lipinski definition) is 1. The number of carbonyl (C=O) groups excluding carboxylic acids is 1. The van der Waals surface area contributed by atoms with Gasteiger partial charge >= 0.3 is 5.97 Å². The van der Waals surface area contributed by atoms with Crippen LogP contribution in [0.1, 0.15) is 0 Å². The van der Waals surface area contributed by atoms with Crippen molar-refractivity contribution in [2.75, 3.05) is 27.0 Å². The van der Waals surface area contributed by atoms with E-state index in [1.165, 1.54) is 7.11 Å². The lowest BCUT2D eigenvalue weighted by Gasteiger charge is -2.14. The van der Waals surface area contributed by atoms with Crippen molar-refractivity contribution in [2.45, 2.75) is 10.9 Å². The molecule has 1 aromatic carbocycles. The average molecular weight is 255 g/mol. The summed E-state index contributed by atoms with van der Waals surface area (Å²) < 4.78 is 9.94. The molecule has 0 radical (unpaired) electrons. The standard InChI is InChI=1S/C12H17NO3S/c1-13-9(12(14)16-3)8-17-11-7-5-4-6-10(11)15-2/h4-7,9,13H,8H2,1-3H3. The number of nitrogens with one attached hydrogen (secondary N) is 1. The first-order chi connectivity index (χ1) is 8.22. The number of likely N-dealkylation sites (N-methyl/N-ethyl adjacent to an activating group) is 1.